The van der Waals surface area contributed by atoms with E-state index in [-0.39, 0.29) is 0 Å². The summed E-state index contributed by atoms with van der Waals surface area (Å²) < 4.78 is 2.50. The molecule has 0 radical (unpaired) electrons. The Morgan fingerprint density at radius 3 is 2.75 bits per heavy atom. The van der Waals surface area contributed by atoms with Crippen molar-refractivity contribution in [1.82, 2.24) is 9.55 Å². The van der Waals surface area contributed by atoms with Crippen molar-refractivity contribution in [3.05, 3.63) is 29.6 Å². The van der Waals surface area contributed by atoms with Gasteiger partial charge in [-0.25, -0.2) is 4.98 Å². The molecule has 3 atom stereocenters. The Balaban J connectivity index is 2.18. The number of para-hydroxylation sites is 1. The Morgan fingerprint density at radius 1 is 1.30 bits per heavy atom. The van der Waals surface area contributed by atoms with Crippen LogP contribution in [0.2, 0.25) is 0 Å². The molecular weight excluding hydrogens is 268 g/mol. The SMILES string of the molecule is Cc1cccc2nc(CCCl)n(C3CCC(C)C3C)c12. The number of rotatable bonds is 3. The van der Waals surface area contributed by atoms with Gasteiger partial charge in [-0.05, 0) is 43.2 Å². The number of aryl methyl sites for hydroxylation is 2. The van der Waals surface area contributed by atoms with Crippen LogP contribution >= 0.6 is 11.6 Å². The van der Waals surface area contributed by atoms with Gasteiger partial charge in [-0.2, -0.15) is 0 Å². The topological polar surface area (TPSA) is 17.8 Å². The number of benzene rings is 1. The average Bonchev–Trinajstić information content (AvgIpc) is 2.93. The molecule has 2 aromatic rings. The molecule has 0 bridgehead atoms. The summed E-state index contributed by atoms with van der Waals surface area (Å²) in [4.78, 5) is 4.85. The van der Waals surface area contributed by atoms with Crippen LogP contribution < -0.4 is 0 Å². The molecule has 1 aliphatic carbocycles. The molecule has 0 amide bonds. The predicted molar refractivity (Wildman–Crippen MR) is 85.5 cm³/mol. The van der Waals surface area contributed by atoms with Crippen LogP contribution in [0, 0.1) is 18.8 Å². The van der Waals surface area contributed by atoms with E-state index in [1.165, 1.54) is 23.9 Å². The second kappa shape index (κ2) is 5.40. The number of halogens is 1. The lowest BCUT2D eigenvalue weighted by atomic mass is 9.97. The third-order valence-corrected chi connectivity index (χ3v) is 5.25. The van der Waals surface area contributed by atoms with Crippen LogP contribution in [-0.4, -0.2) is 15.4 Å². The van der Waals surface area contributed by atoms with Crippen molar-refractivity contribution in [3.63, 3.8) is 0 Å². The lowest BCUT2D eigenvalue weighted by Gasteiger charge is -2.23. The quantitative estimate of drug-likeness (QED) is 0.747. The number of alkyl halides is 1. The normalized spacial score (nSPS) is 26.5. The van der Waals surface area contributed by atoms with Crippen molar-refractivity contribution in [3.8, 4) is 0 Å². The predicted octanol–water partition coefficient (Wildman–Crippen LogP) is 4.73. The molecule has 1 saturated carbocycles. The summed E-state index contributed by atoms with van der Waals surface area (Å²) in [5.74, 6) is 3.31. The van der Waals surface area contributed by atoms with Gasteiger partial charge in [0.25, 0.3) is 0 Å². The van der Waals surface area contributed by atoms with Gasteiger partial charge in [0.2, 0.25) is 0 Å². The first-order valence-corrected chi connectivity index (χ1v) is 8.19. The van der Waals surface area contributed by atoms with Crippen molar-refractivity contribution in [2.24, 2.45) is 11.8 Å². The maximum Gasteiger partial charge on any atom is 0.111 e. The van der Waals surface area contributed by atoms with Gasteiger partial charge in [-0.3, -0.25) is 0 Å². The molecule has 0 saturated heterocycles. The van der Waals surface area contributed by atoms with E-state index in [4.69, 9.17) is 16.6 Å². The molecule has 1 heterocycles. The van der Waals surface area contributed by atoms with E-state index < -0.39 is 0 Å². The van der Waals surface area contributed by atoms with Crippen molar-refractivity contribution in [2.75, 3.05) is 5.88 Å². The minimum absolute atomic E-state index is 0.578. The molecule has 3 heteroatoms. The van der Waals surface area contributed by atoms with Crippen LogP contribution in [-0.2, 0) is 6.42 Å². The third kappa shape index (κ3) is 2.14. The van der Waals surface area contributed by atoms with Crippen LogP contribution in [0.4, 0.5) is 0 Å². The fourth-order valence-corrected chi connectivity index (χ4v) is 3.86. The van der Waals surface area contributed by atoms with E-state index in [1.807, 2.05) is 0 Å². The fourth-order valence-electron chi connectivity index (χ4n) is 3.69. The number of imidazole rings is 1. The second-order valence-corrected chi connectivity index (χ2v) is 6.64. The van der Waals surface area contributed by atoms with Gasteiger partial charge < -0.3 is 4.57 Å². The standard InChI is InChI=1S/C17H23ClN2/c1-11-7-8-15(13(11)3)20-16(9-10-18)19-14-6-4-5-12(2)17(14)20/h4-6,11,13,15H,7-10H2,1-3H3. The lowest BCUT2D eigenvalue weighted by Crippen LogP contribution is -2.17. The van der Waals surface area contributed by atoms with E-state index in [1.54, 1.807) is 0 Å². The van der Waals surface area contributed by atoms with E-state index in [2.05, 4.69) is 43.5 Å². The first-order valence-electron chi connectivity index (χ1n) is 7.66. The number of aromatic nitrogens is 2. The molecule has 1 aromatic heterocycles. The molecule has 2 nitrogen and oxygen atoms in total. The van der Waals surface area contributed by atoms with E-state index in [9.17, 15) is 0 Å². The first-order chi connectivity index (χ1) is 9.63. The summed E-state index contributed by atoms with van der Waals surface area (Å²) in [6, 6.07) is 6.99. The van der Waals surface area contributed by atoms with E-state index in [0.717, 1.165) is 23.7 Å². The molecule has 108 valence electrons. The molecule has 0 aliphatic heterocycles. The number of hydrogen-bond acceptors (Lipinski definition) is 1. The molecule has 0 N–H and O–H groups in total. The van der Waals surface area contributed by atoms with Crippen molar-refractivity contribution in [2.45, 2.75) is 46.1 Å². The van der Waals surface area contributed by atoms with Crippen molar-refractivity contribution >= 4 is 22.6 Å². The summed E-state index contributed by atoms with van der Waals surface area (Å²) in [7, 11) is 0. The molecule has 1 aliphatic rings. The van der Waals surface area contributed by atoms with Gasteiger partial charge in [0.05, 0.1) is 11.0 Å². The molecule has 3 rings (SSSR count). The van der Waals surface area contributed by atoms with E-state index >= 15 is 0 Å². The Labute approximate surface area is 126 Å². The third-order valence-electron chi connectivity index (χ3n) is 5.06. The van der Waals surface area contributed by atoms with Gasteiger partial charge in [0, 0.05) is 18.3 Å². The van der Waals surface area contributed by atoms with Crippen LogP contribution in [0.25, 0.3) is 11.0 Å². The highest BCUT2D eigenvalue weighted by Crippen LogP contribution is 2.42. The highest BCUT2D eigenvalue weighted by Gasteiger charge is 2.33. The Bertz CT molecular complexity index is 617. The highest BCUT2D eigenvalue weighted by atomic mass is 35.5. The van der Waals surface area contributed by atoms with Gasteiger partial charge in [0.1, 0.15) is 5.82 Å². The second-order valence-electron chi connectivity index (χ2n) is 6.26. The maximum absolute atomic E-state index is 5.99. The molecule has 20 heavy (non-hydrogen) atoms. The molecule has 3 unspecified atom stereocenters. The van der Waals surface area contributed by atoms with E-state index in [0.29, 0.717) is 17.8 Å². The molecular formula is C17H23ClN2. The minimum Gasteiger partial charge on any atom is -0.324 e. The summed E-state index contributed by atoms with van der Waals surface area (Å²) in [5, 5.41) is 0. The van der Waals surface area contributed by atoms with Crippen molar-refractivity contribution in [1.29, 1.82) is 0 Å². The highest BCUT2D eigenvalue weighted by molar-refractivity contribution is 6.17. The monoisotopic (exact) mass is 290 g/mol. The van der Waals surface area contributed by atoms with Crippen LogP contribution in [0.5, 0.6) is 0 Å². The average molecular weight is 291 g/mol. The maximum atomic E-state index is 5.99. The van der Waals surface area contributed by atoms with Gasteiger partial charge >= 0.3 is 0 Å². The first kappa shape index (κ1) is 13.9. The molecule has 1 aromatic carbocycles. The number of nitrogens with zero attached hydrogens (tertiary/aromatic N) is 2. The Morgan fingerprint density at radius 2 is 2.10 bits per heavy atom. The zero-order valence-electron chi connectivity index (χ0n) is 12.6. The summed E-state index contributed by atoms with van der Waals surface area (Å²) >= 11 is 5.99. The smallest absolute Gasteiger partial charge is 0.111 e. The Hall–Kier alpha value is -1.02. The molecule has 1 fully saturated rings. The summed E-state index contributed by atoms with van der Waals surface area (Å²) in [5.41, 5.74) is 3.76. The lowest BCUT2D eigenvalue weighted by molar-refractivity contribution is 0.352. The van der Waals surface area contributed by atoms with Crippen LogP contribution in [0.3, 0.4) is 0 Å². The zero-order valence-corrected chi connectivity index (χ0v) is 13.3. The van der Waals surface area contributed by atoms with Gasteiger partial charge in [-0.15, -0.1) is 11.6 Å². The number of fused-ring (bicyclic) bond motifs is 1. The van der Waals surface area contributed by atoms with Gasteiger partial charge in [-0.1, -0.05) is 26.0 Å². The van der Waals surface area contributed by atoms with Crippen LogP contribution in [0.1, 0.15) is 44.1 Å². The van der Waals surface area contributed by atoms with Gasteiger partial charge in [0.15, 0.2) is 0 Å². The summed E-state index contributed by atoms with van der Waals surface area (Å²) in [6.07, 6.45) is 3.43. The largest absolute Gasteiger partial charge is 0.324 e. The van der Waals surface area contributed by atoms with Crippen LogP contribution in [0.15, 0.2) is 18.2 Å². The number of hydrogen-bond donors (Lipinski definition) is 0. The molecule has 0 spiro atoms. The summed E-state index contributed by atoms with van der Waals surface area (Å²) in [6.45, 7) is 6.95. The minimum atomic E-state index is 0.578. The zero-order chi connectivity index (χ0) is 14.3. The fraction of sp³-hybridized carbons (Fsp3) is 0.588. The van der Waals surface area contributed by atoms with Crippen molar-refractivity contribution < 1.29 is 0 Å². The Kier molecular flexibility index (Phi) is 3.76.